The molecule has 0 bridgehead atoms. The van der Waals surface area contributed by atoms with Gasteiger partial charge in [-0.25, -0.2) is 0 Å². The summed E-state index contributed by atoms with van der Waals surface area (Å²) in [4.78, 5) is 8.54. The summed E-state index contributed by atoms with van der Waals surface area (Å²) in [5, 5.41) is 3.48. The predicted octanol–water partition coefficient (Wildman–Crippen LogP) is 2.48. The van der Waals surface area contributed by atoms with E-state index in [-0.39, 0.29) is 0 Å². The number of ether oxygens (including phenoxy) is 1. The van der Waals surface area contributed by atoms with Crippen LogP contribution in [0.2, 0.25) is 0 Å². The van der Waals surface area contributed by atoms with Gasteiger partial charge in [0.15, 0.2) is 0 Å². The van der Waals surface area contributed by atoms with Crippen LogP contribution in [0, 0.1) is 0 Å². The molecule has 1 aliphatic rings. The Morgan fingerprint density at radius 1 is 1.44 bits per heavy atom. The van der Waals surface area contributed by atoms with Crippen LogP contribution >= 0.6 is 0 Å². The van der Waals surface area contributed by atoms with Gasteiger partial charge < -0.3 is 10.1 Å². The first-order valence-corrected chi connectivity index (χ1v) is 7.01. The van der Waals surface area contributed by atoms with Crippen LogP contribution in [0.5, 0.6) is 0 Å². The third kappa shape index (κ3) is 4.03. The Labute approximate surface area is 109 Å². The molecule has 0 radical (unpaired) electrons. The van der Waals surface area contributed by atoms with Gasteiger partial charge in [-0.2, -0.15) is 0 Å². The normalized spacial score (nSPS) is 21.7. The lowest BCUT2D eigenvalue weighted by molar-refractivity contribution is 0.00849. The molecule has 0 spiro atoms. The highest BCUT2D eigenvalue weighted by molar-refractivity contribution is 5.02. The number of rotatable bonds is 6. The maximum absolute atomic E-state index is 5.78. The minimum atomic E-state index is 0.300. The molecule has 1 fully saturated rings. The Hall–Kier alpha value is -1.00. The summed E-state index contributed by atoms with van der Waals surface area (Å²) >= 11 is 0. The molecule has 18 heavy (non-hydrogen) atoms. The van der Waals surface area contributed by atoms with Crippen molar-refractivity contribution in [2.45, 2.75) is 51.2 Å². The third-order valence-corrected chi connectivity index (χ3v) is 3.44. The van der Waals surface area contributed by atoms with Gasteiger partial charge >= 0.3 is 0 Å². The minimum Gasteiger partial charge on any atom is -0.378 e. The van der Waals surface area contributed by atoms with Crippen molar-refractivity contribution in [3.63, 3.8) is 0 Å². The molecule has 2 rings (SSSR count). The number of nitrogens with zero attached hydrogens (tertiary/aromatic N) is 2. The highest BCUT2D eigenvalue weighted by Gasteiger charge is 2.18. The van der Waals surface area contributed by atoms with Crippen LogP contribution in [0.15, 0.2) is 18.6 Å². The first-order valence-electron chi connectivity index (χ1n) is 7.01. The van der Waals surface area contributed by atoms with Crippen LogP contribution in [0.4, 0.5) is 0 Å². The molecule has 100 valence electrons. The molecule has 1 aromatic heterocycles. The number of aromatic nitrogens is 2. The van der Waals surface area contributed by atoms with Gasteiger partial charge in [-0.1, -0.05) is 6.92 Å². The van der Waals surface area contributed by atoms with E-state index in [1.807, 2.05) is 6.20 Å². The topological polar surface area (TPSA) is 47.0 Å². The van der Waals surface area contributed by atoms with Gasteiger partial charge in [-0.3, -0.25) is 9.97 Å². The van der Waals surface area contributed by atoms with Crippen molar-refractivity contribution >= 4 is 0 Å². The summed E-state index contributed by atoms with van der Waals surface area (Å²) in [5.74, 6) is 0. The fraction of sp³-hybridized carbons (Fsp3) is 0.714. The summed E-state index contributed by atoms with van der Waals surface area (Å²) in [5.41, 5.74) is 1.04. The van der Waals surface area contributed by atoms with Gasteiger partial charge in [0.1, 0.15) is 0 Å². The average molecular weight is 249 g/mol. The SMILES string of the molecule is CCNC(CCC1CCCCO1)c1cnccn1. The van der Waals surface area contributed by atoms with Gasteiger partial charge in [0.05, 0.1) is 17.8 Å². The van der Waals surface area contributed by atoms with Gasteiger partial charge in [-0.05, 0) is 38.6 Å². The Morgan fingerprint density at radius 3 is 3.06 bits per heavy atom. The van der Waals surface area contributed by atoms with E-state index in [4.69, 9.17) is 4.74 Å². The predicted molar refractivity (Wildman–Crippen MR) is 71.3 cm³/mol. The summed E-state index contributed by atoms with van der Waals surface area (Å²) in [7, 11) is 0. The number of nitrogens with one attached hydrogen (secondary N) is 1. The van der Waals surface area contributed by atoms with E-state index >= 15 is 0 Å². The van der Waals surface area contributed by atoms with Crippen LogP contribution in [0.3, 0.4) is 0 Å². The maximum atomic E-state index is 5.78. The molecule has 4 heteroatoms. The lowest BCUT2D eigenvalue weighted by atomic mass is 10.0. The lowest BCUT2D eigenvalue weighted by Gasteiger charge is -2.25. The standard InChI is InChI=1S/C14H23N3O/c1-2-16-13(14-11-15-8-9-17-14)7-6-12-5-3-4-10-18-12/h8-9,11-13,16H,2-7,10H2,1H3. The van der Waals surface area contributed by atoms with Gasteiger partial charge in [0, 0.05) is 25.2 Å². The van der Waals surface area contributed by atoms with Crippen LogP contribution in [-0.2, 0) is 4.74 Å². The zero-order chi connectivity index (χ0) is 12.6. The maximum Gasteiger partial charge on any atom is 0.0756 e. The Bertz CT molecular complexity index is 325. The second-order valence-corrected chi connectivity index (χ2v) is 4.81. The molecule has 4 nitrogen and oxygen atoms in total. The van der Waals surface area contributed by atoms with E-state index in [1.54, 1.807) is 12.4 Å². The van der Waals surface area contributed by atoms with E-state index in [0.717, 1.165) is 31.7 Å². The molecule has 0 saturated carbocycles. The zero-order valence-corrected chi connectivity index (χ0v) is 11.1. The Balaban J connectivity index is 1.86. The van der Waals surface area contributed by atoms with Gasteiger partial charge in [0.2, 0.25) is 0 Å². The molecule has 1 aromatic rings. The molecule has 2 heterocycles. The largest absolute Gasteiger partial charge is 0.378 e. The molecule has 1 saturated heterocycles. The molecular formula is C14H23N3O. The Morgan fingerprint density at radius 2 is 2.39 bits per heavy atom. The first kappa shape index (κ1) is 13.4. The van der Waals surface area contributed by atoms with Crippen LogP contribution in [-0.4, -0.2) is 29.2 Å². The zero-order valence-electron chi connectivity index (χ0n) is 11.1. The highest BCUT2D eigenvalue weighted by Crippen LogP contribution is 2.22. The Kier molecular flexibility index (Phi) is 5.55. The molecule has 0 amide bonds. The number of hydrogen-bond acceptors (Lipinski definition) is 4. The fourth-order valence-corrected chi connectivity index (χ4v) is 2.48. The minimum absolute atomic E-state index is 0.300. The van der Waals surface area contributed by atoms with E-state index < -0.39 is 0 Å². The molecule has 2 unspecified atom stereocenters. The van der Waals surface area contributed by atoms with Crippen molar-refractivity contribution < 1.29 is 4.74 Å². The molecule has 1 N–H and O–H groups in total. The van der Waals surface area contributed by atoms with E-state index in [2.05, 4.69) is 22.2 Å². The summed E-state index contributed by atoms with van der Waals surface area (Å²) < 4.78 is 5.78. The highest BCUT2D eigenvalue weighted by atomic mass is 16.5. The van der Waals surface area contributed by atoms with E-state index in [0.29, 0.717) is 12.1 Å². The molecule has 1 aliphatic heterocycles. The van der Waals surface area contributed by atoms with Crippen molar-refractivity contribution in [1.29, 1.82) is 0 Å². The second kappa shape index (κ2) is 7.44. The van der Waals surface area contributed by atoms with Crippen molar-refractivity contribution in [3.8, 4) is 0 Å². The first-order chi connectivity index (χ1) is 8.90. The fourth-order valence-electron chi connectivity index (χ4n) is 2.48. The van der Waals surface area contributed by atoms with Crippen molar-refractivity contribution in [3.05, 3.63) is 24.3 Å². The lowest BCUT2D eigenvalue weighted by Crippen LogP contribution is -2.25. The average Bonchev–Trinajstić information content (AvgIpc) is 2.45. The van der Waals surface area contributed by atoms with Crippen LogP contribution < -0.4 is 5.32 Å². The monoisotopic (exact) mass is 249 g/mol. The van der Waals surface area contributed by atoms with Crippen molar-refractivity contribution in [1.82, 2.24) is 15.3 Å². The molecule has 2 atom stereocenters. The summed E-state index contributed by atoms with van der Waals surface area (Å²) in [6.07, 6.45) is 11.7. The summed E-state index contributed by atoms with van der Waals surface area (Å²) in [6, 6.07) is 0.300. The molecule has 0 aromatic carbocycles. The molecule has 0 aliphatic carbocycles. The smallest absolute Gasteiger partial charge is 0.0756 e. The van der Waals surface area contributed by atoms with Crippen molar-refractivity contribution in [2.24, 2.45) is 0 Å². The van der Waals surface area contributed by atoms with Crippen LogP contribution in [0.25, 0.3) is 0 Å². The van der Waals surface area contributed by atoms with E-state index in [9.17, 15) is 0 Å². The summed E-state index contributed by atoms with van der Waals surface area (Å²) in [6.45, 7) is 4.01. The molecular weight excluding hydrogens is 226 g/mol. The quantitative estimate of drug-likeness (QED) is 0.841. The van der Waals surface area contributed by atoms with Gasteiger partial charge in [-0.15, -0.1) is 0 Å². The second-order valence-electron chi connectivity index (χ2n) is 4.81. The van der Waals surface area contributed by atoms with E-state index in [1.165, 1.54) is 19.3 Å². The van der Waals surface area contributed by atoms with Crippen molar-refractivity contribution in [2.75, 3.05) is 13.2 Å². The van der Waals surface area contributed by atoms with Gasteiger partial charge in [0.25, 0.3) is 0 Å². The number of hydrogen-bond donors (Lipinski definition) is 1. The van der Waals surface area contributed by atoms with Crippen LogP contribution in [0.1, 0.15) is 50.8 Å². The third-order valence-electron chi connectivity index (χ3n) is 3.44.